The Morgan fingerprint density at radius 2 is 2.00 bits per heavy atom. The highest BCUT2D eigenvalue weighted by atomic mass is 32.1. The van der Waals surface area contributed by atoms with Gasteiger partial charge in [-0.1, -0.05) is 6.07 Å². The lowest BCUT2D eigenvalue weighted by atomic mass is 9.92. The number of hydrogen-bond acceptors (Lipinski definition) is 9. The summed E-state index contributed by atoms with van der Waals surface area (Å²) in [6, 6.07) is 3.76. The fraction of sp³-hybridized carbons (Fsp3) is 0.469. The number of hydrogen-bond donors (Lipinski definition) is 2. The third-order valence-electron chi connectivity index (χ3n) is 10.3. The van der Waals surface area contributed by atoms with Crippen molar-refractivity contribution in [2.24, 2.45) is 5.92 Å². The number of nitrogen functional groups attached to an aromatic ring is 1. The summed E-state index contributed by atoms with van der Waals surface area (Å²) in [5.74, 6) is -2.12. The number of nitrogens with zero attached hydrogens (tertiary/aromatic N) is 5. The third-order valence-corrected chi connectivity index (χ3v) is 11.4. The normalized spacial score (nSPS) is 27.3. The van der Waals surface area contributed by atoms with E-state index in [1.807, 2.05) is 11.0 Å². The number of nitrogens with two attached hydrogens (primary N) is 1. The summed E-state index contributed by atoms with van der Waals surface area (Å²) in [6.45, 7) is 1.35. The number of piperidine rings is 1. The number of rotatable bonds is 5. The summed E-state index contributed by atoms with van der Waals surface area (Å²) in [6.07, 6.45) is -3.98. The lowest BCUT2D eigenvalue weighted by Gasteiger charge is -2.33. The maximum Gasteiger partial charge on any atom is 0.417 e. The smallest absolute Gasteiger partial charge is 0.417 e. The van der Waals surface area contributed by atoms with Crippen molar-refractivity contribution in [1.82, 2.24) is 14.9 Å². The van der Waals surface area contributed by atoms with E-state index in [1.54, 1.807) is 4.90 Å². The van der Waals surface area contributed by atoms with Crippen molar-refractivity contribution >= 4 is 43.1 Å². The quantitative estimate of drug-likeness (QED) is 0.242. The van der Waals surface area contributed by atoms with Crippen molar-refractivity contribution in [3.8, 4) is 23.2 Å². The van der Waals surface area contributed by atoms with Crippen LogP contribution in [-0.4, -0.2) is 70.1 Å². The molecule has 5 heterocycles. The number of halogens is 6. The largest absolute Gasteiger partial charge is 0.461 e. The molecule has 3 saturated heterocycles. The highest BCUT2D eigenvalue weighted by Gasteiger charge is 2.50. The molecular formula is C32H28F6N6O2S. The molecule has 246 valence electrons. The molecule has 0 unspecified atom stereocenters. The zero-order valence-electron chi connectivity index (χ0n) is 24.8. The van der Waals surface area contributed by atoms with Crippen LogP contribution in [0, 0.1) is 28.9 Å². The number of anilines is 2. The van der Waals surface area contributed by atoms with Gasteiger partial charge in [-0.15, -0.1) is 11.3 Å². The van der Waals surface area contributed by atoms with Crippen LogP contribution >= 0.6 is 11.3 Å². The Bertz CT molecular complexity index is 2000. The Hall–Kier alpha value is -3.87. The number of aliphatic hydroxyl groups is 1. The topological polar surface area (TPSA) is 112 Å². The zero-order valence-corrected chi connectivity index (χ0v) is 25.6. The van der Waals surface area contributed by atoms with E-state index in [0.29, 0.717) is 43.7 Å². The van der Waals surface area contributed by atoms with Crippen molar-refractivity contribution in [3.63, 3.8) is 0 Å². The molecule has 2 aromatic heterocycles. The SMILES string of the molecule is N#Cc1c(N)sc2c(F)ccc(-c3c(C(F)(F)F)cc4c(N5C[C@H]6C[C@@H](O)[C@@H]5C6)nc(OC[C@@]56CCCN5C[C@H](F)C6)nc4c3F)c12. The summed E-state index contributed by atoms with van der Waals surface area (Å²) < 4.78 is 96.8. The monoisotopic (exact) mass is 674 g/mol. The van der Waals surface area contributed by atoms with E-state index in [-0.39, 0.29) is 68.9 Å². The van der Waals surface area contributed by atoms with Crippen LogP contribution < -0.4 is 15.4 Å². The fourth-order valence-electron chi connectivity index (χ4n) is 8.35. The van der Waals surface area contributed by atoms with E-state index in [9.17, 15) is 32.3 Å². The lowest BCUT2D eigenvalue weighted by molar-refractivity contribution is -0.137. The summed E-state index contributed by atoms with van der Waals surface area (Å²) in [5, 5.41) is 19.9. The minimum Gasteiger partial charge on any atom is -0.461 e. The molecule has 0 radical (unpaired) electrons. The number of aromatic nitrogens is 2. The fourth-order valence-corrected chi connectivity index (χ4v) is 9.30. The second kappa shape index (κ2) is 10.6. The van der Waals surface area contributed by atoms with Gasteiger partial charge in [-0.2, -0.15) is 28.4 Å². The number of thiophene rings is 1. The van der Waals surface area contributed by atoms with Crippen LogP contribution in [0.5, 0.6) is 6.01 Å². The van der Waals surface area contributed by atoms with Crippen LogP contribution in [0.15, 0.2) is 18.2 Å². The highest BCUT2D eigenvalue weighted by molar-refractivity contribution is 7.23. The average Bonchev–Trinajstić information content (AvgIpc) is 3.82. The molecule has 8 nitrogen and oxygen atoms in total. The van der Waals surface area contributed by atoms with Gasteiger partial charge >= 0.3 is 12.2 Å². The molecule has 2 aromatic carbocycles. The van der Waals surface area contributed by atoms with Gasteiger partial charge in [0.15, 0.2) is 5.82 Å². The summed E-state index contributed by atoms with van der Waals surface area (Å²) in [7, 11) is 0. The van der Waals surface area contributed by atoms with E-state index < -0.39 is 58.3 Å². The molecule has 47 heavy (non-hydrogen) atoms. The second-order valence-corrected chi connectivity index (χ2v) is 14.1. The van der Waals surface area contributed by atoms with Gasteiger partial charge in [-0.05, 0) is 55.8 Å². The maximum atomic E-state index is 17.0. The van der Waals surface area contributed by atoms with Crippen LogP contribution in [0.4, 0.5) is 37.2 Å². The average molecular weight is 675 g/mol. The van der Waals surface area contributed by atoms with E-state index in [0.717, 1.165) is 24.6 Å². The Morgan fingerprint density at radius 3 is 2.72 bits per heavy atom. The van der Waals surface area contributed by atoms with Crippen molar-refractivity contribution in [2.75, 3.05) is 36.9 Å². The molecule has 4 aliphatic rings. The Morgan fingerprint density at radius 1 is 1.19 bits per heavy atom. The van der Waals surface area contributed by atoms with Gasteiger partial charge in [0.05, 0.1) is 33.5 Å². The molecule has 3 aliphatic heterocycles. The van der Waals surface area contributed by atoms with E-state index >= 15 is 4.39 Å². The molecule has 4 fully saturated rings. The van der Waals surface area contributed by atoms with Crippen molar-refractivity contribution in [2.45, 2.75) is 62.1 Å². The number of aliphatic hydroxyl groups excluding tert-OH is 1. The zero-order chi connectivity index (χ0) is 33.0. The minimum atomic E-state index is -5.09. The number of nitriles is 1. The molecule has 0 amide bonds. The van der Waals surface area contributed by atoms with Crippen LogP contribution in [-0.2, 0) is 6.18 Å². The molecule has 1 saturated carbocycles. The number of alkyl halides is 4. The first-order valence-electron chi connectivity index (χ1n) is 15.4. The predicted molar refractivity (Wildman–Crippen MR) is 163 cm³/mol. The molecule has 5 atom stereocenters. The summed E-state index contributed by atoms with van der Waals surface area (Å²) >= 11 is 0.686. The third kappa shape index (κ3) is 4.62. The summed E-state index contributed by atoms with van der Waals surface area (Å²) in [5.41, 5.74) is 1.95. The first-order chi connectivity index (χ1) is 22.4. The van der Waals surface area contributed by atoms with E-state index in [4.69, 9.17) is 10.5 Å². The van der Waals surface area contributed by atoms with Gasteiger partial charge in [-0.25, -0.2) is 13.2 Å². The summed E-state index contributed by atoms with van der Waals surface area (Å²) in [4.78, 5) is 12.5. The number of ether oxygens (including phenoxy) is 1. The standard InChI is InChI=1S/C32H28F6N6O2S/c33-15-9-31(4-1-5-43(31)12-15)13-46-30-41-26-17(29(42-30)44-11-14-6-21(44)22(45)7-14)8-19(32(36,37)38)24(25(26)35)16-2-3-20(34)27-23(16)18(10-39)28(40)47-27/h2-3,8,14-15,21-22,45H,1,4-7,9,11-13,40H2/t14-,15-,21+,22-,31+/m1/s1. The number of benzene rings is 2. The number of fused-ring (bicyclic) bond motifs is 5. The van der Waals surface area contributed by atoms with Gasteiger partial charge in [-0.3, -0.25) is 4.90 Å². The Balaban J connectivity index is 1.36. The van der Waals surface area contributed by atoms with Gasteiger partial charge in [0, 0.05) is 35.8 Å². The highest BCUT2D eigenvalue weighted by Crippen LogP contribution is 2.49. The van der Waals surface area contributed by atoms with Gasteiger partial charge in [0.2, 0.25) is 0 Å². The first-order valence-corrected chi connectivity index (χ1v) is 16.2. The predicted octanol–water partition coefficient (Wildman–Crippen LogP) is 6.18. The van der Waals surface area contributed by atoms with E-state index in [2.05, 4.69) is 9.97 Å². The van der Waals surface area contributed by atoms with Gasteiger partial charge in [0.25, 0.3) is 0 Å². The first kappa shape index (κ1) is 30.5. The maximum absolute atomic E-state index is 17.0. The molecule has 3 N–H and O–H groups in total. The Labute approximate surface area is 268 Å². The second-order valence-electron chi connectivity index (χ2n) is 13.1. The minimum absolute atomic E-state index is 0.000447. The van der Waals surface area contributed by atoms with Gasteiger partial charge < -0.3 is 20.5 Å². The molecule has 0 spiro atoms. The molecule has 1 aliphatic carbocycles. The van der Waals surface area contributed by atoms with Crippen LogP contribution in [0.1, 0.15) is 43.2 Å². The van der Waals surface area contributed by atoms with Crippen LogP contribution in [0.25, 0.3) is 32.1 Å². The molecular weight excluding hydrogens is 646 g/mol. The van der Waals surface area contributed by atoms with Crippen LogP contribution in [0.3, 0.4) is 0 Å². The van der Waals surface area contributed by atoms with E-state index in [1.165, 1.54) is 0 Å². The molecule has 4 aromatic rings. The lowest BCUT2D eigenvalue weighted by Crippen LogP contribution is -2.44. The Kier molecular flexibility index (Phi) is 6.85. The molecule has 15 heteroatoms. The van der Waals surface area contributed by atoms with Gasteiger partial charge in [0.1, 0.15) is 41.0 Å². The van der Waals surface area contributed by atoms with Crippen molar-refractivity contribution in [3.05, 3.63) is 41.0 Å². The molecule has 2 bridgehead atoms. The van der Waals surface area contributed by atoms with Crippen molar-refractivity contribution < 1.29 is 36.2 Å². The van der Waals surface area contributed by atoms with Crippen molar-refractivity contribution in [1.29, 1.82) is 5.26 Å². The molecule has 8 rings (SSSR count). The van der Waals surface area contributed by atoms with Crippen LogP contribution in [0.2, 0.25) is 0 Å².